The molecular formula is C11H18N2. The largest absolute Gasteiger partial charge is 0.346 e. The van der Waals surface area contributed by atoms with Gasteiger partial charge in [-0.1, -0.05) is 0 Å². The first-order chi connectivity index (χ1) is 6.00. The Bertz CT molecular complexity index is 317. The lowest BCUT2D eigenvalue weighted by Crippen LogP contribution is -2.22. The van der Waals surface area contributed by atoms with Gasteiger partial charge in [0.25, 0.3) is 0 Å². The molecule has 0 radical (unpaired) electrons. The van der Waals surface area contributed by atoms with Crippen molar-refractivity contribution in [1.29, 1.82) is 0 Å². The van der Waals surface area contributed by atoms with Gasteiger partial charge in [-0.25, -0.2) is 0 Å². The molecule has 0 saturated heterocycles. The molecule has 13 heavy (non-hydrogen) atoms. The number of nitrogens with two attached hydrogens (primary N) is 1. The Morgan fingerprint density at radius 1 is 1.46 bits per heavy atom. The van der Waals surface area contributed by atoms with Crippen molar-refractivity contribution in [3.05, 3.63) is 23.5 Å². The van der Waals surface area contributed by atoms with Crippen LogP contribution >= 0.6 is 0 Å². The molecule has 1 heterocycles. The van der Waals surface area contributed by atoms with E-state index >= 15 is 0 Å². The molecule has 1 atom stereocenters. The van der Waals surface area contributed by atoms with Crippen molar-refractivity contribution < 1.29 is 0 Å². The highest BCUT2D eigenvalue weighted by atomic mass is 15.0. The molecule has 0 saturated carbocycles. The molecule has 1 aromatic rings. The number of hydrogen-bond donors (Lipinski definition) is 1. The normalized spacial score (nSPS) is 22.0. The van der Waals surface area contributed by atoms with Crippen LogP contribution < -0.4 is 5.73 Å². The van der Waals surface area contributed by atoms with Gasteiger partial charge in [-0.3, -0.25) is 0 Å². The fraction of sp³-hybridized carbons (Fsp3) is 0.636. The molecule has 0 bridgehead atoms. The number of fused-ring (bicyclic) bond motifs is 1. The Balaban J connectivity index is 2.47. The minimum absolute atomic E-state index is 0.192. The van der Waals surface area contributed by atoms with Crippen LogP contribution in [0.3, 0.4) is 0 Å². The maximum absolute atomic E-state index is 5.99. The molecule has 2 rings (SSSR count). The van der Waals surface area contributed by atoms with E-state index in [0.717, 1.165) is 12.8 Å². The van der Waals surface area contributed by atoms with Gasteiger partial charge in [0.15, 0.2) is 0 Å². The summed E-state index contributed by atoms with van der Waals surface area (Å²) in [5, 5.41) is 0. The van der Waals surface area contributed by atoms with Gasteiger partial charge in [-0.15, -0.1) is 0 Å². The lowest BCUT2D eigenvalue weighted by atomic mass is 10.1. The smallest absolute Gasteiger partial charge is 0.0358 e. The van der Waals surface area contributed by atoms with Crippen LogP contribution in [-0.4, -0.2) is 4.57 Å². The lowest BCUT2D eigenvalue weighted by Gasteiger charge is -2.24. The van der Waals surface area contributed by atoms with Gasteiger partial charge in [0.05, 0.1) is 0 Å². The number of rotatable bonds is 0. The van der Waals surface area contributed by atoms with E-state index < -0.39 is 0 Å². The Morgan fingerprint density at radius 3 is 2.77 bits per heavy atom. The summed E-state index contributed by atoms with van der Waals surface area (Å²) < 4.78 is 2.36. The molecule has 0 amide bonds. The summed E-state index contributed by atoms with van der Waals surface area (Å²) in [6, 6.07) is 2.46. The second-order valence-corrected chi connectivity index (χ2v) is 4.90. The Hall–Kier alpha value is -0.760. The Kier molecular flexibility index (Phi) is 1.77. The Labute approximate surface area is 79.7 Å². The molecule has 0 aliphatic heterocycles. The predicted octanol–water partition coefficient (Wildman–Crippen LogP) is 2.19. The van der Waals surface area contributed by atoms with Crippen molar-refractivity contribution in [1.82, 2.24) is 4.57 Å². The molecule has 0 aromatic carbocycles. The van der Waals surface area contributed by atoms with Gasteiger partial charge in [-0.05, 0) is 45.2 Å². The highest BCUT2D eigenvalue weighted by molar-refractivity contribution is 5.31. The molecule has 1 unspecified atom stereocenters. The summed E-state index contributed by atoms with van der Waals surface area (Å²) >= 11 is 0. The lowest BCUT2D eigenvalue weighted by molar-refractivity contribution is 0.387. The van der Waals surface area contributed by atoms with E-state index in [1.807, 2.05) is 0 Å². The first kappa shape index (κ1) is 8.82. The standard InChI is InChI=1S/C11H18N2/c1-11(2,3)13-7-6-8-9(12)4-5-10(8)13/h6-7,9H,4-5,12H2,1-3H3. The van der Waals surface area contributed by atoms with E-state index in [1.165, 1.54) is 11.3 Å². The summed E-state index contributed by atoms with van der Waals surface area (Å²) in [5.41, 5.74) is 8.98. The van der Waals surface area contributed by atoms with Gasteiger partial charge in [0.1, 0.15) is 0 Å². The molecule has 2 heteroatoms. The van der Waals surface area contributed by atoms with Gasteiger partial charge in [0.2, 0.25) is 0 Å². The van der Waals surface area contributed by atoms with Crippen LogP contribution in [0.5, 0.6) is 0 Å². The number of hydrogen-bond acceptors (Lipinski definition) is 1. The third-order valence-electron chi connectivity index (χ3n) is 2.84. The molecule has 0 fully saturated rings. The molecule has 1 aromatic heterocycles. The second-order valence-electron chi connectivity index (χ2n) is 4.90. The topological polar surface area (TPSA) is 30.9 Å². The average molecular weight is 178 g/mol. The van der Waals surface area contributed by atoms with E-state index in [0.29, 0.717) is 0 Å². The minimum Gasteiger partial charge on any atom is -0.346 e. The van der Waals surface area contributed by atoms with E-state index in [9.17, 15) is 0 Å². The summed E-state index contributed by atoms with van der Waals surface area (Å²) in [6.07, 6.45) is 4.42. The molecule has 2 N–H and O–H groups in total. The molecule has 1 aliphatic rings. The first-order valence-electron chi connectivity index (χ1n) is 4.96. The van der Waals surface area contributed by atoms with Crippen LogP contribution in [-0.2, 0) is 12.0 Å². The predicted molar refractivity (Wildman–Crippen MR) is 54.7 cm³/mol. The van der Waals surface area contributed by atoms with Crippen LogP contribution in [0.15, 0.2) is 12.3 Å². The fourth-order valence-electron chi connectivity index (χ4n) is 2.16. The van der Waals surface area contributed by atoms with Crippen molar-refractivity contribution in [3.8, 4) is 0 Å². The zero-order valence-corrected chi connectivity index (χ0v) is 8.67. The van der Waals surface area contributed by atoms with Crippen LogP contribution in [0.25, 0.3) is 0 Å². The Morgan fingerprint density at radius 2 is 2.15 bits per heavy atom. The van der Waals surface area contributed by atoms with Crippen LogP contribution in [0.2, 0.25) is 0 Å². The molecule has 2 nitrogen and oxygen atoms in total. The molecular weight excluding hydrogens is 160 g/mol. The van der Waals surface area contributed by atoms with Crippen LogP contribution in [0, 0.1) is 0 Å². The number of nitrogens with zero attached hydrogens (tertiary/aromatic N) is 1. The molecule has 72 valence electrons. The molecule has 0 spiro atoms. The SMILES string of the molecule is CC(C)(C)n1ccc2c1CCC2N. The van der Waals surface area contributed by atoms with E-state index in [2.05, 4.69) is 37.6 Å². The maximum Gasteiger partial charge on any atom is 0.0358 e. The van der Waals surface area contributed by atoms with Crippen LogP contribution in [0.4, 0.5) is 0 Å². The first-order valence-corrected chi connectivity index (χ1v) is 4.96. The fourth-order valence-corrected chi connectivity index (χ4v) is 2.16. The quantitative estimate of drug-likeness (QED) is 0.648. The zero-order chi connectivity index (χ0) is 9.64. The highest BCUT2D eigenvalue weighted by Gasteiger charge is 2.26. The summed E-state index contributed by atoms with van der Waals surface area (Å²) in [4.78, 5) is 0. The van der Waals surface area contributed by atoms with E-state index in [4.69, 9.17) is 5.73 Å². The summed E-state index contributed by atoms with van der Waals surface area (Å²) in [7, 11) is 0. The summed E-state index contributed by atoms with van der Waals surface area (Å²) in [5.74, 6) is 0. The van der Waals surface area contributed by atoms with Gasteiger partial charge >= 0.3 is 0 Å². The van der Waals surface area contributed by atoms with Crippen molar-refractivity contribution in [2.75, 3.05) is 0 Å². The van der Waals surface area contributed by atoms with Crippen molar-refractivity contribution >= 4 is 0 Å². The van der Waals surface area contributed by atoms with Crippen molar-refractivity contribution in [3.63, 3.8) is 0 Å². The van der Waals surface area contributed by atoms with Gasteiger partial charge in [0, 0.05) is 23.5 Å². The maximum atomic E-state index is 5.99. The third kappa shape index (κ3) is 1.29. The van der Waals surface area contributed by atoms with Crippen molar-refractivity contribution in [2.45, 2.75) is 45.2 Å². The van der Waals surface area contributed by atoms with Gasteiger partial charge in [-0.2, -0.15) is 0 Å². The average Bonchev–Trinajstić information content (AvgIpc) is 2.51. The van der Waals surface area contributed by atoms with Crippen molar-refractivity contribution in [2.24, 2.45) is 5.73 Å². The van der Waals surface area contributed by atoms with Crippen LogP contribution in [0.1, 0.15) is 44.5 Å². The molecule has 1 aliphatic carbocycles. The van der Waals surface area contributed by atoms with Gasteiger partial charge < -0.3 is 10.3 Å². The second kappa shape index (κ2) is 2.61. The van der Waals surface area contributed by atoms with E-state index in [1.54, 1.807) is 0 Å². The monoisotopic (exact) mass is 178 g/mol. The summed E-state index contributed by atoms with van der Waals surface area (Å²) in [6.45, 7) is 6.70. The third-order valence-corrected chi connectivity index (χ3v) is 2.84. The number of aromatic nitrogens is 1. The van der Waals surface area contributed by atoms with E-state index in [-0.39, 0.29) is 11.6 Å². The zero-order valence-electron chi connectivity index (χ0n) is 8.67. The minimum atomic E-state index is 0.192. The highest BCUT2D eigenvalue weighted by Crippen LogP contribution is 2.33.